The van der Waals surface area contributed by atoms with Gasteiger partial charge in [-0.25, -0.2) is 4.79 Å². The van der Waals surface area contributed by atoms with E-state index in [2.05, 4.69) is 0 Å². The van der Waals surface area contributed by atoms with Crippen molar-refractivity contribution in [2.45, 2.75) is 25.2 Å². The van der Waals surface area contributed by atoms with E-state index < -0.39 is 35.9 Å². The number of alkyl carbamates (subject to hydrolysis) is 1. The number of carboxylic acids is 1. The zero-order chi connectivity index (χ0) is 23.8. The van der Waals surface area contributed by atoms with Gasteiger partial charge >= 0.3 is 18.0 Å². The number of nitrogens with zero attached hydrogens (tertiary/aromatic N) is 1. The van der Waals surface area contributed by atoms with Crippen LogP contribution < -0.4 is 5.32 Å². The first kappa shape index (κ1) is 22.7. The minimum Gasteiger partial charge on any atom is -0.481 e. The number of fused-ring (bicyclic) bond motifs is 3. The van der Waals surface area contributed by atoms with Crippen molar-refractivity contribution >= 4 is 18.0 Å². The first-order valence-corrected chi connectivity index (χ1v) is 10.6. The Morgan fingerprint density at radius 2 is 1.70 bits per heavy atom. The minimum atomic E-state index is -3.88. The second-order valence-electron chi connectivity index (χ2n) is 8.73. The van der Waals surface area contributed by atoms with E-state index >= 15 is 0 Å². The fourth-order valence-electron chi connectivity index (χ4n) is 4.45. The van der Waals surface area contributed by atoms with Crippen LogP contribution in [0.15, 0.2) is 48.5 Å². The van der Waals surface area contributed by atoms with Gasteiger partial charge in [0.1, 0.15) is 6.61 Å². The van der Waals surface area contributed by atoms with Crippen LogP contribution in [0.3, 0.4) is 0 Å². The molecular weight excluding hydrogens is 434 g/mol. The highest BCUT2D eigenvalue weighted by Crippen LogP contribution is 2.44. The van der Waals surface area contributed by atoms with Crippen LogP contribution in [0.5, 0.6) is 0 Å². The SMILES string of the molecule is CC1(C(=O)O)CCN(C(=O)C(F)(F)CNC(=O)OCC2c3ccccc3-c3ccccc32)C1. The topological polar surface area (TPSA) is 95.9 Å². The lowest BCUT2D eigenvalue weighted by Crippen LogP contribution is -2.50. The summed E-state index contributed by atoms with van der Waals surface area (Å²) in [5.74, 6) is -6.75. The number of rotatable bonds is 6. The monoisotopic (exact) mass is 458 g/mol. The van der Waals surface area contributed by atoms with Gasteiger partial charge in [0.15, 0.2) is 0 Å². The van der Waals surface area contributed by atoms with Crippen LogP contribution in [0.2, 0.25) is 0 Å². The third kappa shape index (κ3) is 4.27. The molecule has 0 radical (unpaired) electrons. The van der Waals surface area contributed by atoms with Gasteiger partial charge in [0, 0.05) is 19.0 Å². The lowest BCUT2D eigenvalue weighted by Gasteiger charge is -2.24. The molecule has 2 aromatic rings. The fraction of sp³-hybridized carbons (Fsp3) is 0.375. The summed E-state index contributed by atoms with van der Waals surface area (Å²) in [5.41, 5.74) is 2.80. The molecule has 9 heteroatoms. The molecule has 2 aliphatic rings. The largest absolute Gasteiger partial charge is 0.481 e. The normalized spacial score (nSPS) is 19.7. The van der Waals surface area contributed by atoms with Crippen LogP contribution >= 0.6 is 0 Å². The summed E-state index contributed by atoms with van der Waals surface area (Å²) in [4.78, 5) is 36.5. The molecule has 2 N–H and O–H groups in total. The van der Waals surface area contributed by atoms with Crippen LogP contribution in [0.1, 0.15) is 30.4 Å². The number of aliphatic carboxylic acids is 1. The Hall–Kier alpha value is -3.49. The molecule has 0 aromatic heterocycles. The van der Waals surface area contributed by atoms with Crippen molar-refractivity contribution in [2.24, 2.45) is 5.41 Å². The number of halogens is 2. The lowest BCUT2D eigenvalue weighted by atomic mass is 9.90. The molecule has 1 atom stereocenters. The number of amides is 2. The van der Waals surface area contributed by atoms with Crippen molar-refractivity contribution in [3.8, 4) is 11.1 Å². The number of alkyl halides is 2. The Labute approximate surface area is 189 Å². The number of hydrogen-bond acceptors (Lipinski definition) is 4. The van der Waals surface area contributed by atoms with Gasteiger partial charge in [-0.3, -0.25) is 9.59 Å². The number of ether oxygens (including phenoxy) is 1. The van der Waals surface area contributed by atoms with E-state index in [1.807, 2.05) is 53.8 Å². The molecule has 7 nitrogen and oxygen atoms in total. The molecule has 1 fully saturated rings. The molecule has 1 aliphatic carbocycles. The van der Waals surface area contributed by atoms with E-state index in [4.69, 9.17) is 4.74 Å². The van der Waals surface area contributed by atoms with E-state index in [0.717, 1.165) is 27.2 Å². The number of benzene rings is 2. The van der Waals surface area contributed by atoms with Crippen molar-refractivity contribution < 1.29 is 33.0 Å². The second-order valence-corrected chi connectivity index (χ2v) is 8.73. The highest BCUT2D eigenvalue weighted by molar-refractivity contribution is 5.86. The standard InChI is InChI=1S/C24H24F2N2O5/c1-23(21(30)31)10-11-28(14-23)20(29)24(25,26)13-27-22(32)33-12-19-17-8-4-2-6-15(17)16-7-3-5-9-18(16)19/h2-9,19H,10-14H2,1H3,(H,27,32)(H,30,31). The zero-order valence-corrected chi connectivity index (χ0v) is 18.0. The molecule has 1 heterocycles. The molecule has 1 aliphatic heterocycles. The van der Waals surface area contributed by atoms with Crippen LogP contribution in [0, 0.1) is 5.41 Å². The van der Waals surface area contributed by atoms with Crippen molar-refractivity contribution in [1.29, 1.82) is 0 Å². The number of carbonyl (C=O) groups excluding carboxylic acids is 2. The average molecular weight is 458 g/mol. The number of nitrogens with one attached hydrogen (secondary N) is 1. The predicted octanol–water partition coefficient (Wildman–Crippen LogP) is 3.48. The van der Waals surface area contributed by atoms with Crippen molar-refractivity contribution in [3.05, 3.63) is 59.7 Å². The van der Waals surface area contributed by atoms with Crippen LogP contribution in [-0.2, 0) is 14.3 Å². The van der Waals surface area contributed by atoms with Gasteiger partial charge in [0.05, 0.1) is 12.0 Å². The Balaban J connectivity index is 1.34. The molecule has 0 spiro atoms. The summed E-state index contributed by atoms with van der Waals surface area (Å²) < 4.78 is 34.0. The van der Waals surface area contributed by atoms with E-state index in [1.165, 1.54) is 6.92 Å². The summed E-state index contributed by atoms with van der Waals surface area (Å²) >= 11 is 0. The van der Waals surface area contributed by atoms with Gasteiger partial charge < -0.3 is 20.1 Å². The maximum atomic E-state index is 14.4. The van der Waals surface area contributed by atoms with E-state index in [-0.39, 0.29) is 32.0 Å². The molecular formula is C24H24F2N2O5. The van der Waals surface area contributed by atoms with Gasteiger partial charge in [0.2, 0.25) is 0 Å². The number of hydrogen-bond donors (Lipinski definition) is 2. The Morgan fingerprint density at radius 3 is 2.24 bits per heavy atom. The number of likely N-dealkylation sites (tertiary alicyclic amines) is 1. The Kier molecular flexibility index (Phi) is 5.82. The minimum absolute atomic E-state index is 0.0392. The molecule has 1 unspecified atom stereocenters. The van der Waals surface area contributed by atoms with Crippen molar-refractivity contribution in [3.63, 3.8) is 0 Å². The van der Waals surface area contributed by atoms with E-state index in [1.54, 1.807) is 0 Å². The molecule has 2 amide bonds. The van der Waals surface area contributed by atoms with Gasteiger partial charge in [0.25, 0.3) is 5.91 Å². The van der Waals surface area contributed by atoms with Gasteiger partial charge in [-0.2, -0.15) is 8.78 Å². The zero-order valence-electron chi connectivity index (χ0n) is 18.0. The quantitative estimate of drug-likeness (QED) is 0.691. The molecule has 1 saturated heterocycles. The van der Waals surface area contributed by atoms with E-state index in [0.29, 0.717) is 0 Å². The van der Waals surface area contributed by atoms with Crippen LogP contribution in [-0.4, -0.2) is 60.1 Å². The van der Waals surface area contributed by atoms with E-state index in [9.17, 15) is 28.3 Å². The summed E-state index contributed by atoms with van der Waals surface area (Å²) in [5, 5.41) is 11.2. The number of carboxylic acid groups (broad SMARTS) is 1. The molecule has 33 heavy (non-hydrogen) atoms. The van der Waals surface area contributed by atoms with Gasteiger partial charge in [-0.05, 0) is 35.6 Å². The van der Waals surface area contributed by atoms with Gasteiger partial charge in [-0.15, -0.1) is 0 Å². The summed E-state index contributed by atoms with van der Waals surface area (Å²) in [6.45, 7) is -0.245. The molecule has 0 bridgehead atoms. The third-order valence-electron chi connectivity index (χ3n) is 6.39. The van der Waals surface area contributed by atoms with Gasteiger partial charge in [-0.1, -0.05) is 48.5 Å². The molecule has 174 valence electrons. The predicted molar refractivity (Wildman–Crippen MR) is 115 cm³/mol. The molecule has 2 aromatic carbocycles. The molecule has 4 rings (SSSR count). The van der Waals surface area contributed by atoms with Crippen molar-refractivity contribution in [1.82, 2.24) is 10.2 Å². The average Bonchev–Trinajstić information content (AvgIpc) is 3.35. The molecule has 0 saturated carbocycles. The summed E-state index contributed by atoms with van der Waals surface area (Å²) in [6.07, 6.45) is -0.967. The highest BCUT2D eigenvalue weighted by atomic mass is 19.3. The van der Waals surface area contributed by atoms with Crippen molar-refractivity contribution in [2.75, 3.05) is 26.2 Å². The summed E-state index contributed by atoms with van der Waals surface area (Å²) in [7, 11) is 0. The maximum Gasteiger partial charge on any atom is 0.407 e. The smallest absolute Gasteiger partial charge is 0.407 e. The number of carbonyl (C=O) groups is 3. The first-order valence-electron chi connectivity index (χ1n) is 10.6. The Morgan fingerprint density at radius 1 is 1.12 bits per heavy atom. The maximum absolute atomic E-state index is 14.4. The van der Waals surface area contributed by atoms with Crippen LogP contribution in [0.25, 0.3) is 11.1 Å². The first-order chi connectivity index (χ1) is 15.6. The third-order valence-corrected chi connectivity index (χ3v) is 6.39. The summed E-state index contributed by atoms with van der Waals surface area (Å²) in [6, 6.07) is 15.5. The second kappa shape index (κ2) is 8.46. The highest BCUT2D eigenvalue weighted by Gasteiger charge is 2.49. The lowest BCUT2D eigenvalue weighted by molar-refractivity contribution is -0.157. The van der Waals surface area contributed by atoms with Crippen LogP contribution in [0.4, 0.5) is 13.6 Å². The fourth-order valence-corrected chi connectivity index (χ4v) is 4.45. The Bertz CT molecular complexity index is 1060.